The van der Waals surface area contributed by atoms with Crippen molar-refractivity contribution in [2.45, 2.75) is 51.8 Å². The smallest absolute Gasteiger partial charge is 0.225 e. The number of rotatable bonds is 5. The van der Waals surface area contributed by atoms with Gasteiger partial charge in [-0.1, -0.05) is 6.07 Å². The molecule has 0 saturated carbocycles. The highest BCUT2D eigenvalue weighted by Crippen LogP contribution is 2.18. The first kappa shape index (κ1) is 14.0. The Labute approximate surface area is 114 Å². The molecule has 0 radical (unpaired) electrons. The van der Waals surface area contributed by atoms with Gasteiger partial charge in [0.15, 0.2) is 0 Å². The van der Waals surface area contributed by atoms with Crippen LogP contribution >= 0.6 is 0 Å². The first-order valence-corrected chi connectivity index (χ1v) is 6.98. The fourth-order valence-corrected chi connectivity index (χ4v) is 2.34. The minimum absolute atomic E-state index is 0.109. The van der Waals surface area contributed by atoms with E-state index < -0.39 is 0 Å². The van der Waals surface area contributed by atoms with Gasteiger partial charge in [0.2, 0.25) is 5.91 Å². The third kappa shape index (κ3) is 4.03. The van der Waals surface area contributed by atoms with Crippen LogP contribution in [0.5, 0.6) is 0 Å². The molecule has 2 heterocycles. The zero-order valence-electron chi connectivity index (χ0n) is 11.7. The van der Waals surface area contributed by atoms with Crippen LogP contribution in [0.15, 0.2) is 24.4 Å². The minimum atomic E-state index is 0.109. The second-order valence-corrected chi connectivity index (χ2v) is 5.28. The zero-order chi connectivity index (χ0) is 13.7. The molecular formula is C15H22N2O2. The van der Waals surface area contributed by atoms with Crippen LogP contribution < -0.4 is 0 Å². The average molecular weight is 262 g/mol. The molecule has 1 aliphatic rings. The van der Waals surface area contributed by atoms with Crippen molar-refractivity contribution in [3.8, 4) is 0 Å². The average Bonchev–Trinajstić information content (AvgIpc) is 2.89. The van der Waals surface area contributed by atoms with Gasteiger partial charge in [-0.25, -0.2) is 0 Å². The Bertz CT molecular complexity index is 400. The Balaban J connectivity index is 1.96. The van der Waals surface area contributed by atoms with Gasteiger partial charge >= 0.3 is 0 Å². The fourth-order valence-electron chi connectivity index (χ4n) is 2.34. The van der Waals surface area contributed by atoms with Gasteiger partial charge in [0, 0.05) is 18.8 Å². The quantitative estimate of drug-likeness (QED) is 0.818. The van der Waals surface area contributed by atoms with Crippen LogP contribution in [0.3, 0.4) is 0 Å². The van der Waals surface area contributed by atoms with Crippen molar-refractivity contribution in [1.82, 2.24) is 9.88 Å². The Morgan fingerprint density at radius 2 is 2.37 bits per heavy atom. The molecule has 1 aromatic rings. The molecule has 0 N–H and O–H groups in total. The summed E-state index contributed by atoms with van der Waals surface area (Å²) >= 11 is 0. The van der Waals surface area contributed by atoms with E-state index in [2.05, 4.69) is 4.98 Å². The summed E-state index contributed by atoms with van der Waals surface area (Å²) in [5.41, 5.74) is 0.928. The van der Waals surface area contributed by atoms with Gasteiger partial charge in [0.05, 0.1) is 24.8 Å². The van der Waals surface area contributed by atoms with E-state index in [1.807, 2.05) is 36.9 Å². The molecule has 0 aromatic carbocycles. The van der Waals surface area contributed by atoms with Crippen LogP contribution in [0.4, 0.5) is 0 Å². The van der Waals surface area contributed by atoms with E-state index in [1.54, 1.807) is 6.20 Å². The molecule has 1 fully saturated rings. The van der Waals surface area contributed by atoms with Gasteiger partial charge in [-0.15, -0.1) is 0 Å². The largest absolute Gasteiger partial charge is 0.378 e. The van der Waals surface area contributed by atoms with Crippen molar-refractivity contribution in [2.75, 3.05) is 6.61 Å². The summed E-state index contributed by atoms with van der Waals surface area (Å²) < 4.78 is 5.54. The predicted molar refractivity (Wildman–Crippen MR) is 73.5 cm³/mol. The first-order valence-electron chi connectivity index (χ1n) is 6.98. The molecule has 1 atom stereocenters. The summed E-state index contributed by atoms with van der Waals surface area (Å²) in [6.07, 6.45) is 4.43. The Kier molecular flexibility index (Phi) is 4.91. The summed E-state index contributed by atoms with van der Waals surface area (Å²) in [4.78, 5) is 18.5. The molecule has 0 aliphatic carbocycles. The number of hydrogen-bond acceptors (Lipinski definition) is 3. The topological polar surface area (TPSA) is 42.4 Å². The summed E-state index contributed by atoms with van der Waals surface area (Å²) in [7, 11) is 0. The van der Waals surface area contributed by atoms with E-state index in [0.717, 1.165) is 25.1 Å². The molecule has 19 heavy (non-hydrogen) atoms. The SMILES string of the molecule is CC(C)N(Cc1ccccn1)C(=O)C[C@H]1CCCO1. The first-order chi connectivity index (χ1) is 9.16. The molecule has 1 aliphatic heterocycles. The van der Waals surface area contributed by atoms with Crippen molar-refractivity contribution < 1.29 is 9.53 Å². The van der Waals surface area contributed by atoms with E-state index in [1.165, 1.54) is 0 Å². The van der Waals surface area contributed by atoms with E-state index in [4.69, 9.17) is 4.74 Å². The molecule has 1 saturated heterocycles. The molecule has 0 spiro atoms. The van der Waals surface area contributed by atoms with Gasteiger partial charge in [0.1, 0.15) is 0 Å². The van der Waals surface area contributed by atoms with Gasteiger partial charge in [-0.2, -0.15) is 0 Å². The summed E-state index contributed by atoms with van der Waals surface area (Å²) in [5.74, 6) is 0.160. The molecule has 0 bridgehead atoms. The van der Waals surface area contributed by atoms with Gasteiger partial charge in [0.25, 0.3) is 0 Å². The number of nitrogens with zero attached hydrogens (tertiary/aromatic N) is 2. The van der Waals surface area contributed by atoms with Crippen molar-refractivity contribution in [3.63, 3.8) is 0 Å². The molecule has 4 heteroatoms. The van der Waals surface area contributed by atoms with Gasteiger partial charge in [-0.3, -0.25) is 9.78 Å². The maximum Gasteiger partial charge on any atom is 0.225 e. The Hall–Kier alpha value is -1.42. The molecule has 1 aromatic heterocycles. The van der Waals surface area contributed by atoms with Crippen molar-refractivity contribution in [1.29, 1.82) is 0 Å². The lowest BCUT2D eigenvalue weighted by molar-refractivity contribution is -0.135. The highest BCUT2D eigenvalue weighted by atomic mass is 16.5. The number of aromatic nitrogens is 1. The number of hydrogen-bond donors (Lipinski definition) is 0. The van der Waals surface area contributed by atoms with Crippen LogP contribution in [-0.2, 0) is 16.1 Å². The van der Waals surface area contributed by atoms with Crippen LogP contribution in [0.1, 0.15) is 38.8 Å². The van der Waals surface area contributed by atoms with E-state index in [0.29, 0.717) is 13.0 Å². The van der Waals surface area contributed by atoms with Crippen molar-refractivity contribution in [3.05, 3.63) is 30.1 Å². The number of ether oxygens (including phenoxy) is 1. The van der Waals surface area contributed by atoms with Crippen LogP contribution in [0.25, 0.3) is 0 Å². The molecule has 1 amide bonds. The minimum Gasteiger partial charge on any atom is -0.378 e. The number of carbonyl (C=O) groups excluding carboxylic acids is 1. The highest BCUT2D eigenvalue weighted by Gasteiger charge is 2.24. The van der Waals surface area contributed by atoms with Gasteiger partial charge < -0.3 is 9.64 Å². The predicted octanol–water partition coefficient (Wildman–Crippen LogP) is 2.39. The lowest BCUT2D eigenvalue weighted by Gasteiger charge is -2.27. The fraction of sp³-hybridized carbons (Fsp3) is 0.600. The second kappa shape index (κ2) is 6.66. The zero-order valence-corrected chi connectivity index (χ0v) is 11.7. The second-order valence-electron chi connectivity index (χ2n) is 5.28. The van der Waals surface area contributed by atoms with Crippen LogP contribution in [0.2, 0.25) is 0 Å². The third-order valence-electron chi connectivity index (χ3n) is 3.43. The normalized spacial score (nSPS) is 18.8. The molecule has 2 rings (SSSR count). The molecule has 4 nitrogen and oxygen atoms in total. The maximum atomic E-state index is 12.4. The van der Waals surface area contributed by atoms with Gasteiger partial charge in [-0.05, 0) is 38.8 Å². The van der Waals surface area contributed by atoms with E-state index in [9.17, 15) is 4.79 Å². The summed E-state index contributed by atoms with van der Waals surface area (Å²) in [6.45, 7) is 5.44. The molecular weight excluding hydrogens is 240 g/mol. The number of pyridine rings is 1. The highest BCUT2D eigenvalue weighted by molar-refractivity contribution is 5.77. The van der Waals surface area contributed by atoms with Crippen molar-refractivity contribution >= 4 is 5.91 Å². The van der Waals surface area contributed by atoms with Crippen LogP contribution in [0, 0.1) is 0 Å². The maximum absolute atomic E-state index is 12.4. The van der Waals surface area contributed by atoms with E-state index >= 15 is 0 Å². The number of carbonyl (C=O) groups is 1. The van der Waals surface area contributed by atoms with Crippen molar-refractivity contribution in [2.24, 2.45) is 0 Å². The standard InChI is InChI=1S/C15H22N2O2/c1-12(2)17(11-13-6-3-4-8-16-13)15(18)10-14-7-5-9-19-14/h3-4,6,8,12,14H,5,7,9-11H2,1-2H3/t14-/m1/s1. The summed E-state index contributed by atoms with van der Waals surface area (Å²) in [5, 5.41) is 0. The monoisotopic (exact) mass is 262 g/mol. The Morgan fingerprint density at radius 3 is 2.95 bits per heavy atom. The van der Waals surface area contributed by atoms with E-state index in [-0.39, 0.29) is 18.1 Å². The third-order valence-corrected chi connectivity index (χ3v) is 3.43. The lowest BCUT2D eigenvalue weighted by Crippen LogP contribution is -2.38. The molecule has 0 unspecified atom stereocenters. The summed E-state index contributed by atoms with van der Waals surface area (Å²) in [6, 6.07) is 5.97. The molecule has 104 valence electrons. The number of amides is 1. The lowest BCUT2D eigenvalue weighted by atomic mass is 10.1. The Morgan fingerprint density at radius 1 is 1.53 bits per heavy atom. The van der Waals surface area contributed by atoms with Crippen LogP contribution in [-0.4, -0.2) is 34.5 Å².